The molecule has 0 atom stereocenters. The largest absolute Gasteiger partial charge is 0.461 e. The molecule has 5 nitrogen and oxygen atoms in total. The monoisotopic (exact) mass is 271 g/mol. The summed E-state index contributed by atoms with van der Waals surface area (Å²) in [6.45, 7) is 2.07. The number of thioether (sulfide) groups is 1. The maximum Gasteiger partial charge on any atom is 0.358 e. The second-order valence-electron chi connectivity index (χ2n) is 3.14. The maximum absolute atomic E-state index is 11.5. The number of hydrogen-bond donors (Lipinski definition) is 0. The number of esters is 1. The van der Waals surface area contributed by atoms with Crippen LogP contribution in [0.3, 0.4) is 0 Å². The number of halogens is 1. The van der Waals surface area contributed by atoms with Crippen LogP contribution < -0.4 is 0 Å². The van der Waals surface area contributed by atoms with Gasteiger partial charge in [0.05, 0.1) is 6.61 Å². The van der Waals surface area contributed by atoms with E-state index in [4.69, 9.17) is 16.3 Å². The fourth-order valence-corrected chi connectivity index (χ4v) is 2.14. The van der Waals surface area contributed by atoms with Crippen LogP contribution in [0, 0.1) is 0 Å². The molecule has 0 aliphatic carbocycles. The first-order valence-electron chi connectivity index (χ1n) is 4.92. The van der Waals surface area contributed by atoms with Crippen LogP contribution in [0.2, 0.25) is 5.15 Å². The van der Waals surface area contributed by atoms with E-state index < -0.39 is 5.97 Å². The lowest BCUT2D eigenvalue weighted by molar-refractivity contribution is 0.0520. The van der Waals surface area contributed by atoms with E-state index >= 15 is 0 Å². The number of rotatable bonds is 3. The molecule has 0 aliphatic rings. The van der Waals surface area contributed by atoms with Gasteiger partial charge in [-0.1, -0.05) is 23.4 Å². The predicted octanol–water partition coefficient (Wildman–Crippen LogP) is 2.28. The predicted molar refractivity (Wildman–Crippen MR) is 65.7 cm³/mol. The Kier molecular flexibility index (Phi) is 3.54. The third-order valence-electron chi connectivity index (χ3n) is 2.06. The Morgan fingerprint density at radius 2 is 2.35 bits per heavy atom. The molecule has 2 aromatic rings. The molecule has 0 N–H and O–H groups in total. The van der Waals surface area contributed by atoms with Gasteiger partial charge in [0, 0.05) is 12.3 Å². The van der Waals surface area contributed by atoms with Crippen LogP contribution in [0.25, 0.3) is 5.65 Å². The number of carbonyl (C=O) groups is 1. The van der Waals surface area contributed by atoms with Crippen molar-refractivity contribution in [2.24, 2.45) is 0 Å². The van der Waals surface area contributed by atoms with Gasteiger partial charge < -0.3 is 4.74 Å². The summed E-state index contributed by atoms with van der Waals surface area (Å²) in [5, 5.41) is 1.03. The number of aromatic nitrogens is 3. The van der Waals surface area contributed by atoms with Crippen molar-refractivity contribution in [1.82, 2.24) is 14.4 Å². The van der Waals surface area contributed by atoms with Crippen molar-refractivity contribution >= 4 is 35.0 Å². The third-order valence-corrected chi connectivity index (χ3v) is 2.90. The zero-order chi connectivity index (χ0) is 12.4. The van der Waals surface area contributed by atoms with Crippen molar-refractivity contribution in [2.75, 3.05) is 12.9 Å². The summed E-state index contributed by atoms with van der Waals surface area (Å²) in [6.07, 6.45) is 3.48. The van der Waals surface area contributed by atoms with Crippen LogP contribution in [0.1, 0.15) is 17.4 Å². The van der Waals surface area contributed by atoms with E-state index in [0.717, 1.165) is 0 Å². The molecule has 0 spiro atoms. The molecule has 0 fully saturated rings. The third kappa shape index (κ3) is 2.37. The van der Waals surface area contributed by atoms with E-state index in [1.165, 1.54) is 11.8 Å². The summed E-state index contributed by atoms with van der Waals surface area (Å²) in [5.74, 6) is -0.445. The Morgan fingerprint density at radius 3 is 3.00 bits per heavy atom. The number of carbonyl (C=O) groups excluding carboxylic acids is 1. The van der Waals surface area contributed by atoms with Gasteiger partial charge in [-0.2, -0.15) is 0 Å². The van der Waals surface area contributed by atoms with Gasteiger partial charge in [-0.15, -0.1) is 0 Å². The van der Waals surface area contributed by atoms with E-state index in [-0.39, 0.29) is 5.69 Å². The smallest absolute Gasteiger partial charge is 0.358 e. The maximum atomic E-state index is 11.5. The van der Waals surface area contributed by atoms with Crippen LogP contribution in [-0.2, 0) is 4.74 Å². The highest BCUT2D eigenvalue weighted by Gasteiger charge is 2.14. The Hall–Kier alpha value is -1.27. The molecule has 0 saturated carbocycles. The summed E-state index contributed by atoms with van der Waals surface area (Å²) in [5.41, 5.74) is 0.837. The molecule has 0 radical (unpaired) electrons. The Labute approximate surface area is 107 Å². The first-order chi connectivity index (χ1) is 8.15. The van der Waals surface area contributed by atoms with Gasteiger partial charge >= 0.3 is 5.97 Å². The van der Waals surface area contributed by atoms with Crippen LogP contribution in [0.15, 0.2) is 17.4 Å². The number of nitrogens with zero attached hydrogens (tertiary/aromatic N) is 3. The molecule has 17 heavy (non-hydrogen) atoms. The SMILES string of the molecule is CCOC(=O)c1cn2c(SC)nc(Cl)cc2n1. The number of fused-ring (bicyclic) bond motifs is 1. The minimum atomic E-state index is -0.445. The molecule has 2 aromatic heterocycles. The van der Waals surface area contributed by atoms with E-state index in [9.17, 15) is 4.79 Å². The highest BCUT2D eigenvalue weighted by Crippen LogP contribution is 2.19. The van der Waals surface area contributed by atoms with Crippen LogP contribution in [-0.4, -0.2) is 33.2 Å². The van der Waals surface area contributed by atoms with Gasteiger partial charge in [-0.05, 0) is 13.2 Å². The van der Waals surface area contributed by atoms with Crippen molar-refractivity contribution in [2.45, 2.75) is 12.1 Å². The minimum absolute atomic E-state index is 0.256. The standard InChI is InChI=1S/C10H10ClN3O2S/c1-3-16-9(15)6-5-14-8(12-6)4-7(11)13-10(14)17-2/h4-5H,3H2,1-2H3. The molecule has 90 valence electrons. The Bertz CT molecular complexity index is 570. The summed E-state index contributed by atoms with van der Waals surface area (Å²) in [6, 6.07) is 1.60. The second kappa shape index (κ2) is 4.93. The summed E-state index contributed by atoms with van der Waals surface area (Å²) >= 11 is 7.28. The number of hydrogen-bond acceptors (Lipinski definition) is 5. The van der Waals surface area contributed by atoms with Crippen molar-refractivity contribution in [3.05, 3.63) is 23.1 Å². The highest BCUT2D eigenvalue weighted by molar-refractivity contribution is 7.98. The van der Waals surface area contributed by atoms with E-state index in [2.05, 4.69) is 9.97 Å². The molecule has 2 heterocycles. The lowest BCUT2D eigenvalue weighted by Crippen LogP contribution is -2.04. The number of ether oxygens (including phenoxy) is 1. The first-order valence-corrected chi connectivity index (χ1v) is 6.52. The lowest BCUT2D eigenvalue weighted by Gasteiger charge is -2.00. The zero-order valence-corrected chi connectivity index (χ0v) is 10.9. The average Bonchev–Trinajstić information content (AvgIpc) is 2.71. The molecule has 0 unspecified atom stereocenters. The molecule has 0 bridgehead atoms. The van der Waals surface area contributed by atoms with Gasteiger partial charge in [0.1, 0.15) is 10.8 Å². The summed E-state index contributed by atoms with van der Waals surface area (Å²) in [4.78, 5) is 19.8. The molecular weight excluding hydrogens is 262 g/mol. The zero-order valence-electron chi connectivity index (χ0n) is 9.31. The topological polar surface area (TPSA) is 56.5 Å². The van der Waals surface area contributed by atoms with Crippen LogP contribution in [0.5, 0.6) is 0 Å². The molecular formula is C10H10ClN3O2S. The van der Waals surface area contributed by atoms with Gasteiger partial charge in [0.2, 0.25) is 0 Å². The lowest BCUT2D eigenvalue weighted by atomic mass is 10.5. The van der Waals surface area contributed by atoms with Crippen LogP contribution >= 0.6 is 23.4 Å². The normalized spacial score (nSPS) is 10.8. The van der Waals surface area contributed by atoms with Crippen LogP contribution in [0.4, 0.5) is 0 Å². The van der Waals surface area contributed by atoms with E-state index in [1.807, 2.05) is 6.26 Å². The second-order valence-corrected chi connectivity index (χ2v) is 4.30. The van der Waals surface area contributed by atoms with Gasteiger partial charge in [-0.3, -0.25) is 4.40 Å². The minimum Gasteiger partial charge on any atom is -0.461 e. The van der Waals surface area contributed by atoms with Gasteiger partial charge in [0.25, 0.3) is 0 Å². The van der Waals surface area contributed by atoms with Crippen molar-refractivity contribution in [1.29, 1.82) is 0 Å². The van der Waals surface area contributed by atoms with Crippen molar-refractivity contribution < 1.29 is 9.53 Å². The quantitative estimate of drug-likeness (QED) is 0.371. The fraction of sp³-hybridized carbons (Fsp3) is 0.300. The average molecular weight is 272 g/mol. The van der Waals surface area contributed by atoms with E-state index in [1.54, 1.807) is 23.6 Å². The Morgan fingerprint density at radius 1 is 1.59 bits per heavy atom. The van der Waals surface area contributed by atoms with Gasteiger partial charge in [-0.25, -0.2) is 14.8 Å². The molecule has 7 heteroatoms. The molecule has 0 amide bonds. The van der Waals surface area contributed by atoms with Crippen molar-refractivity contribution in [3.63, 3.8) is 0 Å². The van der Waals surface area contributed by atoms with E-state index in [0.29, 0.717) is 22.6 Å². The summed E-state index contributed by atoms with van der Waals surface area (Å²) in [7, 11) is 0. The summed E-state index contributed by atoms with van der Waals surface area (Å²) < 4.78 is 6.60. The Balaban J connectivity index is 2.53. The van der Waals surface area contributed by atoms with Crippen molar-refractivity contribution in [3.8, 4) is 0 Å². The highest BCUT2D eigenvalue weighted by atomic mass is 35.5. The molecule has 0 aliphatic heterocycles. The molecule has 0 aromatic carbocycles. The molecule has 0 saturated heterocycles. The number of imidazole rings is 1. The van der Waals surface area contributed by atoms with Gasteiger partial charge in [0.15, 0.2) is 10.9 Å². The molecule has 2 rings (SSSR count). The fourth-order valence-electron chi connectivity index (χ4n) is 1.38. The first kappa shape index (κ1) is 12.2.